The van der Waals surface area contributed by atoms with Gasteiger partial charge in [-0.15, -0.1) is 0 Å². The molecule has 7 nitrogen and oxygen atoms in total. The second kappa shape index (κ2) is 6.54. The van der Waals surface area contributed by atoms with Crippen molar-refractivity contribution in [2.24, 2.45) is 0 Å². The molecular weight excluding hydrogens is 298 g/mol. The molecule has 0 aromatic carbocycles. The first-order chi connectivity index (χ1) is 11.1. The first kappa shape index (κ1) is 15.7. The van der Waals surface area contributed by atoms with E-state index < -0.39 is 0 Å². The Hall–Kier alpha value is -2.15. The van der Waals surface area contributed by atoms with E-state index in [1.165, 1.54) is 0 Å². The van der Waals surface area contributed by atoms with E-state index in [1.807, 2.05) is 6.92 Å². The van der Waals surface area contributed by atoms with E-state index in [0.717, 1.165) is 12.8 Å². The number of carbonyl (C=O) groups is 1. The molecule has 0 aliphatic carbocycles. The van der Waals surface area contributed by atoms with Crippen LogP contribution in [0.3, 0.4) is 0 Å². The summed E-state index contributed by atoms with van der Waals surface area (Å²) in [4.78, 5) is 19.1. The maximum atomic E-state index is 12.9. The molecule has 1 fully saturated rings. The van der Waals surface area contributed by atoms with Crippen LogP contribution >= 0.6 is 0 Å². The van der Waals surface area contributed by atoms with Crippen LogP contribution in [0.5, 0.6) is 0 Å². The highest BCUT2D eigenvalue weighted by molar-refractivity contribution is 5.95. The van der Waals surface area contributed by atoms with Gasteiger partial charge in [-0.3, -0.25) is 4.79 Å². The van der Waals surface area contributed by atoms with Gasteiger partial charge in [0.1, 0.15) is 18.1 Å². The number of rotatable bonds is 5. The van der Waals surface area contributed by atoms with Gasteiger partial charge in [0, 0.05) is 20.1 Å². The predicted molar refractivity (Wildman–Crippen MR) is 80.8 cm³/mol. The molecule has 0 saturated carbocycles. The van der Waals surface area contributed by atoms with Crippen LogP contribution in [-0.2, 0) is 17.8 Å². The second-order valence-electron chi connectivity index (χ2n) is 5.67. The molecule has 1 aliphatic rings. The molecule has 23 heavy (non-hydrogen) atoms. The van der Waals surface area contributed by atoms with Crippen LogP contribution < -0.4 is 0 Å². The maximum absolute atomic E-state index is 12.9. The lowest BCUT2D eigenvalue weighted by Gasteiger charge is -2.21. The predicted octanol–water partition coefficient (Wildman–Crippen LogP) is 2.66. The molecule has 0 radical (unpaired) electrons. The maximum Gasteiger partial charge on any atom is 0.258 e. The summed E-state index contributed by atoms with van der Waals surface area (Å²) in [6.07, 6.45) is 2.46. The number of likely N-dealkylation sites (tertiary alicyclic amines) is 1. The number of aromatic nitrogens is 2. The number of ether oxygens (including phenoxy) is 1. The second-order valence-corrected chi connectivity index (χ2v) is 5.67. The van der Waals surface area contributed by atoms with Crippen molar-refractivity contribution >= 4 is 5.91 Å². The zero-order chi connectivity index (χ0) is 16.4. The molecule has 1 amide bonds. The smallest absolute Gasteiger partial charge is 0.258 e. The Bertz CT molecular complexity index is 691. The highest BCUT2D eigenvalue weighted by Crippen LogP contribution is 2.32. The first-order valence-corrected chi connectivity index (χ1v) is 7.85. The quantitative estimate of drug-likeness (QED) is 0.842. The molecule has 1 aliphatic heterocycles. The van der Waals surface area contributed by atoms with Crippen molar-refractivity contribution < 1.29 is 18.5 Å². The molecule has 1 unspecified atom stereocenters. The average Bonchev–Trinajstić information content (AvgIpc) is 3.25. The van der Waals surface area contributed by atoms with E-state index in [0.29, 0.717) is 48.4 Å². The van der Waals surface area contributed by atoms with E-state index in [1.54, 1.807) is 25.0 Å². The Labute approximate surface area is 134 Å². The van der Waals surface area contributed by atoms with E-state index in [-0.39, 0.29) is 11.9 Å². The normalized spacial score (nSPS) is 17.9. The van der Waals surface area contributed by atoms with E-state index >= 15 is 0 Å². The van der Waals surface area contributed by atoms with Crippen molar-refractivity contribution in [2.75, 3.05) is 13.7 Å². The van der Waals surface area contributed by atoms with Crippen molar-refractivity contribution in [1.82, 2.24) is 15.0 Å². The van der Waals surface area contributed by atoms with Crippen molar-refractivity contribution in [1.29, 1.82) is 0 Å². The van der Waals surface area contributed by atoms with E-state index in [4.69, 9.17) is 13.7 Å². The van der Waals surface area contributed by atoms with Crippen LogP contribution in [0.1, 0.15) is 59.4 Å². The fourth-order valence-electron chi connectivity index (χ4n) is 2.95. The number of carbonyl (C=O) groups excluding carboxylic acids is 1. The van der Waals surface area contributed by atoms with Gasteiger partial charge in [-0.05, 0) is 25.8 Å². The zero-order valence-electron chi connectivity index (χ0n) is 13.7. The van der Waals surface area contributed by atoms with Gasteiger partial charge in [0.2, 0.25) is 5.89 Å². The standard InChI is InChI=1S/C16H21N3O4/c1-4-14-17-15(18-23-14)13-6-5-7-19(13)16(20)12-8-11(9-21-3)22-10(12)2/h8,13H,4-7,9H2,1-3H3. The summed E-state index contributed by atoms with van der Waals surface area (Å²) in [5.74, 6) is 2.39. The number of methoxy groups -OCH3 is 1. The fraction of sp³-hybridized carbons (Fsp3) is 0.562. The topological polar surface area (TPSA) is 81.6 Å². The van der Waals surface area contributed by atoms with Gasteiger partial charge in [-0.25, -0.2) is 0 Å². The third-order valence-electron chi connectivity index (χ3n) is 4.08. The number of nitrogens with zero attached hydrogens (tertiary/aromatic N) is 3. The van der Waals surface area contributed by atoms with Crippen LogP contribution in [0.4, 0.5) is 0 Å². The Kier molecular flexibility index (Phi) is 4.47. The molecule has 3 heterocycles. The molecule has 7 heteroatoms. The Balaban J connectivity index is 1.83. The Morgan fingerprint density at radius 2 is 2.35 bits per heavy atom. The van der Waals surface area contributed by atoms with Crippen molar-refractivity contribution in [3.63, 3.8) is 0 Å². The number of amides is 1. The zero-order valence-corrected chi connectivity index (χ0v) is 13.7. The first-order valence-electron chi connectivity index (χ1n) is 7.85. The number of furan rings is 1. The molecule has 1 saturated heterocycles. The lowest BCUT2D eigenvalue weighted by Crippen LogP contribution is -2.31. The minimum absolute atomic E-state index is 0.0565. The summed E-state index contributed by atoms with van der Waals surface area (Å²) in [5.41, 5.74) is 0.572. The largest absolute Gasteiger partial charge is 0.463 e. The molecule has 2 aromatic rings. The third kappa shape index (κ3) is 3.01. The van der Waals surface area contributed by atoms with Crippen LogP contribution in [0.2, 0.25) is 0 Å². The van der Waals surface area contributed by atoms with Crippen LogP contribution in [0.15, 0.2) is 15.0 Å². The minimum Gasteiger partial charge on any atom is -0.463 e. The molecular formula is C16H21N3O4. The fourth-order valence-corrected chi connectivity index (χ4v) is 2.95. The summed E-state index contributed by atoms with van der Waals surface area (Å²) in [7, 11) is 1.59. The molecule has 0 N–H and O–H groups in total. The molecule has 0 bridgehead atoms. The SMILES string of the molecule is CCc1nc(C2CCCN2C(=O)c2cc(COC)oc2C)no1. The summed E-state index contributed by atoms with van der Waals surface area (Å²) in [6.45, 7) is 4.79. The highest BCUT2D eigenvalue weighted by Gasteiger charge is 2.35. The molecule has 0 spiro atoms. The van der Waals surface area contributed by atoms with E-state index in [2.05, 4.69) is 10.1 Å². The minimum atomic E-state index is -0.133. The summed E-state index contributed by atoms with van der Waals surface area (Å²) in [5, 5.41) is 4.03. The average molecular weight is 319 g/mol. The molecule has 3 rings (SSSR count). The van der Waals surface area contributed by atoms with Gasteiger partial charge >= 0.3 is 0 Å². The van der Waals surface area contributed by atoms with Gasteiger partial charge in [-0.1, -0.05) is 12.1 Å². The van der Waals surface area contributed by atoms with Crippen molar-refractivity contribution in [2.45, 2.75) is 45.8 Å². The van der Waals surface area contributed by atoms with Gasteiger partial charge in [0.15, 0.2) is 5.82 Å². The van der Waals surface area contributed by atoms with Crippen LogP contribution in [0.25, 0.3) is 0 Å². The Morgan fingerprint density at radius 1 is 1.52 bits per heavy atom. The lowest BCUT2D eigenvalue weighted by atomic mass is 10.1. The van der Waals surface area contributed by atoms with Gasteiger partial charge in [-0.2, -0.15) is 4.98 Å². The van der Waals surface area contributed by atoms with Gasteiger partial charge in [0.25, 0.3) is 5.91 Å². The molecule has 1 atom stereocenters. The van der Waals surface area contributed by atoms with Gasteiger partial charge in [0.05, 0.1) is 11.6 Å². The number of hydrogen-bond acceptors (Lipinski definition) is 6. The third-order valence-corrected chi connectivity index (χ3v) is 4.08. The highest BCUT2D eigenvalue weighted by atomic mass is 16.5. The molecule has 2 aromatic heterocycles. The monoisotopic (exact) mass is 319 g/mol. The summed E-state index contributed by atoms with van der Waals surface area (Å²) >= 11 is 0. The lowest BCUT2D eigenvalue weighted by molar-refractivity contribution is 0.0726. The van der Waals surface area contributed by atoms with Crippen LogP contribution in [0, 0.1) is 6.92 Å². The van der Waals surface area contributed by atoms with Crippen LogP contribution in [-0.4, -0.2) is 34.6 Å². The number of aryl methyl sites for hydroxylation is 2. The van der Waals surface area contributed by atoms with Crippen molar-refractivity contribution in [3.8, 4) is 0 Å². The Morgan fingerprint density at radius 3 is 3.04 bits per heavy atom. The van der Waals surface area contributed by atoms with E-state index in [9.17, 15) is 4.79 Å². The van der Waals surface area contributed by atoms with Crippen molar-refractivity contribution in [3.05, 3.63) is 34.9 Å². The summed E-state index contributed by atoms with van der Waals surface area (Å²) < 4.78 is 15.8. The number of hydrogen-bond donors (Lipinski definition) is 0. The molecule has 124 valence electrons. The summed E-state index contributed by atoms with van der Waals surface area (Å²) in [6, 6.07) is 1.62. The van der Waals surface area contributed by atoms with Gasteiger partial charge < -0.3 is 18.6 Å².